The Kier molecular flexibility index (Phi) is 8.70. The maximum Gasteiger partial charge on any atom is 0.441 e. The lowest BCUT2D eigenvalue weighted by Crippen LogP contribution is -2.25. The van der Waals surface area contributed by atoms with E-state index in [0.717, 1.165) is 10.0 Å². The molecule has 21 heavy (non-hydrogen) atoms. The molecule has 0 heterocycles. The van der Waals surface area contributed by atoms with E-state index in [1.807, 2.05) is 24.3 Å². The number of hydrogen-bond acceptors (Lipinski definition) is 3. The van der Waals surface area contributed by atoms with Crippen LogP contribution in [-0.2, 0) is 4.74 Å². The first-order chi connectivity index (χ1) is 9.92. The smallest absolute Gasteiger partial charge is 0.383 e. The predicted molar refractivity (Wildman–Crippen MR) is 84.8 cm³/mol. The summed E-state index contributed by atoms with van der Waals surface area (Å²) >= 11 is 3.44. The first-order valence-corrected chi connectivity index (χ1v) is 8.36. The second kappa shape index (κ2) is 9.71. The van der Waals surface area contributed by atoms with Crippen LogP contribution in [0.2, 0.25) is 0 Å². The predicted octanol–water partition coefficient (Wildman–Crippen LogP) is 4.41. The van der Waals surface area contributed by atoms with Gasteiger partial charge in [0.25, 0.3) is 0 Å². The summed E-state index contributed by atoms with van der Waals surface area (Å²) in [6.07, 6.45) is 0.473. The summed E-state index contributed by atoms with van der Waals surface area (Å²) in [5, 5.41) is 3.22. The molecule has 0 saturated heterocycles. The highest BCUT2D eigenvalue weighted by Crippen LogP contribution is 2.33. The van der Waals surface area contributed by atoms with Gasteiger partial charge in [-0.3, -0.25) is 0 Å². The summed E-state index contributed by atoms with van der Waals surface area (Å²) in [4.78, 5) is 0. The maximum absolute atomic E-state index is 12.2. The van der Waals surface area contributed by atoms with Gasteiger partial charge < -0.3 is 10.1 Å². The van der Waals surface area contributed by atoms with E-state index in [9.17, 15) is 13.2 Å². The van der Waals surface area contributed by atoms with Gasteiger partial charge in [0.15, 0.2) is 0 Å². The molecule has 0 amide bonds. The van der Waals surface area contributed by atoms with Gasteiger partial charge in [0, 0.05) is 30.4 Å². The molecule has 1 rings (SSSR count). The fraction of sp³-hybridized carbons (Fsp3) is 0.571. The Morgan fingerprint density at radius 2 is 2.14 bits per heavy atom. The van der Waals surface area contributed by atoms with Gasteiger partial charge in [-0.15, -0.1) is 0 Å². The van der Waals surface area contributed by atoms with E-state index in [0.29, 0.717) is 26.1 Å². The molecule has 1 N–H and O–H groups in total. The highest BCUT2D eigenvalue weighted by Gasteiger charge is 2.28. The van der Waals surface area contributed by atoms with E-state index in [1.54, 1.807) is 7.11 Å². The number of rotatable bonds is 9. The quantitative estimate of drug-likeness (QED) is 0.636. The van der Waals surface area contributed by atoms with E-state index < -0.39 is 5.51 Å². The summed E-state index contributed by atoms with van der Waals surface area (Å²) < 4.78 is 42.6. The highest BCUT2D eigenvalue weighted by molar-refractivity contribution is 9.10. The van der Waals surface area contributed by atoms with Gasteiger partial charge >= 0.3 is 5.51 Å². The fourth-order valence-corrected chi connectivity index (χ4v) is 2.97. The van der Waals surface area contributed by atoms with Crippen molar-refractivity contribution in [1.29, 1.82) is 0 Å². The zero-order valence-corrected chi connectivity index (χ0v) is 14.2. The molecule has 0 aromatic heterocycles. The Labute approximate surface area is 136 Å². The Hall–Kier alpha value is -0.240. The summed E-state index contributed by atoms with van der Waals surface area (Å²) in [7, 11) is 1.62. The van der Waals surface area contributed by atoms with Crippen LogP contribution in [0.5, 0.6) is 0 Å². The Morgan fingerprint density at radius 1 is 1.38 bits per heavy atom. The van der Waals surface area contributed by atoms with Crippen molar-refractivity contribution in [2.75, 3.05) is 32.6 Å². The zero-order valence-electron chi connectivity index (χ0n) is 11.8. The molecule has 1 aromatic rings. The number of halogens is 4. The third kappa shape index (κ3) is 8.70. The van der Waals surface area contributed by atoms with Crippen LogP contribution < -0.4 is 5.32 Å². The molecular formula is C14H19BrF3NOS. The minimum absolute atomic E-state index is 0.0403. The van der Waals surface area contributed by atoms with Gasteiger partial charge in [0.1, 0.15) is 0 Å². The third-order valence-corrected chi connectivity index (χ3v) is 4.19. The second-order valence-corrected chi connectivity index (χ2v) is 6.61. The molecule has 0 aliphatic carbocycles. The average Bonchev–Trinajstić information content (AvgIpc) is 2.40. The van der Waals surface area contributed by atoms with Crippen molar-refractivity contribution >= 4 is 27.7 Å². The van der Waals surface area contributed by atoms with Crippen LogP contribution in [0.3, 0.4) is 0 Å². The summed E-state index contributed by atoms with van der Waals surface area (Å²) in [6, 6.07) is 7.72. The molecule has 1 aromatic carbocycles. The number of methoxy groups -OCH3 is 1. The number of benzene rings is 1. The molecule has 2 nitrogen and oxygen atoms in total. The molecule has 120 valence electrons. The SMILES string of the molecule is COCCNCC(CCSC(F)(F)F)c1cccc(Br)c1. The minimum atomic E-state index is -4.16. The van der Waals surface area contributed by atoms with Crippen molar-refractivity contribution in [2.24, 2.45) is 0 Å². The van der Waals surface area contributed by atoms with Crippen LogP contribution >= 0.6 is 27.7 Å². The molecule has 0 aliphatic rings. The minimum Gasteiger partial charge on any atom is -0.383 e. The molecule has 0 saturated carbocycles. The van der Waals surface area contributed by atoms with Gasteiger partial charge in [0.05, 0.1) is 6.61 Å². The van der Waals surface area contributed by atoms with Crippen LogP contribution in [-0.4, -0.2) is 38.1 Å². The lowest BCUT2D eigenvalue weighted by atomic mass is 9.96. The standard InChI is InChI=1S/C14H19BrF3NOS/c1-20-7-6-19-10-12(5-8-21-14(16,17)18)11-3-2-4-13(15)9-11/h2-4,9,12,19H,5-8,10H2,1H3. The van der Waals surface area contributed by atoms with Crippen LogP contribution in [0.1, 0.15) is 17.9 Å². The Morgan fingerprint density at radius 3 is 2.76 bits per heavy atom. The van der Waals surface area contributed by atoms with Crippen molar-refractivity contribution in [2.45, 2.75) is 17.8 Å². The second-order valence-electron chi connectivity index (χ2n) is 4.53. The maximum atomic E-state index is 12.2. The average molecular weight is 386 g/mol. The van der Waals surface area contributed by atoms with Crippen LogP contribution in [0.25, 0.3) is 0 Å². The van der Waals surface area contributed by atoms with E-state index in [4.69, 9.17) is 4.74 Å². The summed E-state index contributed by atoms with van der Waals surface area (Å²) in [5.74, 6) is 0.112. The molecule has 0 radical (unpaired) electrons. The number of alkyl halides is 3. The topological polar surface area (TPSA) is 21.3 Å². The molecule has 7 heteroatoms. The van der Waals surface area contributed by atoms with Gasteiger partial charge in [0.2, 0.25) is 0 Å². The van der Waals surface area contributed by atoms with E-state index in [-0.39, 0.29) is 23.4 Å². The monoisotopic (exact) mass is 385 g/mol. The zero-order chi connectivity index (χ0) is 15.7. The first-order valence-electron chi connectivity index (χ1n) is 6.58. The molecule has 0 bridgehead atoms. The highest BCUT2D eigenvalue weighted by atomic mass is 79.9. The molecule has 0 aliphatic heterocycles. The Balaban J connectivity index is 2.57. The lowest BCUT2D eigenvalue weighted by Gasteiger charge is -2.19. The normalized spacial score (nSPS) is 13.4. The molecule has 1 atom stereocenters. The molecule has 0 spiro atoms. The van der Waals surface area contributed by atoms with E-state index >= 15 is 0 Å². The molecular weight excluding hydrogens is 367 g/mol. The Bertz CT molecular complexity index is 417. The fourth-order valence-electron chi connectivity index (χ4n) is 1.91. The van der Waals surface area contributed by atoms with Crippen molar-refractivity contribution in [3.63, 3.8) is 0 Å². The molecule has 1 unspecified atom stereocenters. The number of nitrogens with one attached hydrogen (secondary N) is 1. The van der Waals surface area contributed by atoms with Crippen molar-refractivity contribution < 1.29 is 17.9 Å². The summed E-state index contributed by atoms with van der Waals surface area (Å²) in [5.41, 5.74) is -3.12. The van der Waals surface area contributed by atoms with Gasteiger partial charge in [-0.1, -0.05) is 39.8 Å². The first kappa shape index (κ1) is 18.8. The van der Waals surface area contributed by atoms with Gasteiger partial charge in [-0.2, -0.15) is 13.2 Å². The van der Waals surface area contributed by atoms with Gasteiger partial charge in [-0.05, 0) is 30.0 Å². The summed E-state index contributed by atoms with van der Waals surface area (Å²) in [6.45, 7) is 1.91. The number of ether oxygens (including phenoxy) is 1. The number of hydrogen-bond donors (Lipinski definition) is 1. The van der Waals surface area contributed by atoms with Gasteiger partial charge in [-0.25, -0.2) is 0 Å². The van der Waals surface area contributed by atoms with E-state index in [1.165, 1.54) is 0 Å². The third-order valence-electron chi connectivity index (χ3n) is 2.93. The van der Waals surface area contributed by atoms with E-state index in [2.05, 4.69) is 21.2 Å². The lowest BCUT2D eigenvalue weighted by molar-refractivity contribution is -0.0328. The largest absolute Gasteiger partial charge is 0.441 e. The van der Waals surface area contributed by atoms with Crippen LogP contribution in [0, 0.1) is 0 Å². The molecule has 0 fully saturated rings. The van der Waals surface area contributed by atoms with Crippen molar-refractivity contribution in [1.82, 2.24) is 5.32 Å². The van der Waals surface area contributed by atoms with Crippen molar-refractivity contribution in [3.8, 4) is 0 Å². The van der Waals surface area contributed by atoms with Crippen LogP contribution in [0.15, 0.2) is 28.7 Å². The van der Waals surface area contributed by atoms with Crippen molar-refractivity contribution in [3.05, 3.63) is 34.3 Å². The van der Waals surface area contributed by atoms with Crippen LogP contribution in [0.4, 0.5) is 13.2 Å². The number of thioether (sulfide) groups is 1.